The van der Waals surface area contributed by atoms with E-state index in [1.54, 1.807) is 55.5 Å². The highest BCUT2D eigenvalue weighted by molar-refractivity contribution is 6.09. The van der Waals surface area contributed by atoms with E-state index in [-0.39, 0.29) is 0 Å². The van der Waals surface area contributed by atoms with Crippen molar-refractivity contribution in [3.63, 3.8) is 0 Å². The first-order valence-electron chi connectivity index (χ1n) is 8.13. The van der Waals surface area contributed by atoms with E-state index in [0.717, 1.165) is 10.7 Å². The van der Waals surface area contributed by atoms with E-state index in [9.17, 15) is 14.4 Å². The molecule has 3 rings (SSSR count). The van der Waals surface area contributed by atoms with E-state index in [4.69, 9.17) is 0 Å². The quantitative estimate of drug-likeness (QED) is 0.823. The Balaban J connectivity index is 1.78. The fraction of sp³-hybridized carbons (Fsp3) is 0.211. The number of carbonyl (C=O) groups excluding carboxylic acids is 3. The van der Waals surface area contributed by atoms with Crippen molar-refractivity contribution in [2.45, 2.75) is 12.5 Å². The third-order valence-electron chi connectivity index (χ3n) is 4.40. The largest absolute Gasteiger partial charge is 0.378 e. The van der Waals surface area contributed by atoms with Gasteiger partial charge < -0.3 is 10.2 Å². The lowest BCUT2D eigenvalue weighted by atomic mass is 9.92. The maximum Gasteiger partial charge on any atom is 0.344 e. The van der Waals surface area contributed by atoms with E-state index in [1.165, 1.54) is 0 Å². The Morgan fingerprint density at radius 2 is 1.65 bits per heavy atom. The summed E-state index contributed by atoms with van der Waals surface area (Å²) in [6.07, 6.45) is 0. The van der Waals surface area contributed by atoms with Gasteiger partial charge in [0.25, 0.3) is 11.8 Å². The van der Waals surface area contributed by atoms with Gasteiger partial charge in [-0.15, -0.1) is 0 Å². The minimum atomic E-state index is -1.22. The minimum Gasteiger partial charge on any atom is -0.378 e. The van der Waals surface area contributed by atoms with Crippen LogP contribution in [0.4, 0.5) is 10.5 Å². The van der Waals surface area contributed by atoms with Gasteiger partial charge in [0.05, 0.1) is 0 Å². The van der Waals surface area contributed by atoms with Gasteiger partial charge in [0.15, 0.2) is 0 Å². The van der Waals surface area contributed by atoms with E-state index >= 15 is 0 Å². The molecule has 7 nitrogen and oxygen atoms in total. The van der Waals surface area contributed by atoms with Gasteiger partial charge >= 0.3 is 6.03 Å². The van der Waals surface area contributed by atoms with Crippen LogP contribution in [-0.2, 0) is 10.3 Å². The van der Waals surface area contributed by atoms with Crippen LogP contribution in [-0.4, -0.2) is 36.9 Å². The Hall–Kier alpha value is -3.35. The monoisotopic (exact) mass is 352 g/mol. The standard InChI is InChI=1S/C19H20N4O3/c1-19(14-7-5-4-6-8-14)17(25)23(18(26)20-19)21-16(24)13-9-11-15(12-10-13)22(2)3/h4-12H,1-3H3,(H,20,26)(H,21,24). The molecule has 0 aromatic heterocycles. The van der Waals surface area contributed by atoms with Crippen LogP contribution in [0.1, 0.15) is 22.8 Å². The Kier molecular flexibility index (Phi) is 4.38. The maximum absolute atomic E-state index is 12.8. The number of anilines is 1. The van der Waals surface area contributed by atoms with E-state index in [0.29, 0.717) is 11.1 Å². The van der Waals surface area contributed by atoms with Gasteiger partial charge in [-0.25, -0.2) is 4.79 Å². The zero-order valence-electron chi connectivity index (χ0n) is 14.8. The molecule has 0 bridgehead atoms. The average molecular weight is 352 g/mol. The maximum atomic E-state index is 12.8. The SMILES string of the molecule is CN(C)c1ccc(C(=O)NN2C(=O)NC(C)(c3ccccc3)C2=O)cc1. The minimum absolute atomic E-state index is 0.351. The highest BCUT2D eigenvalue weighted by Crippen LogP contribution is 2.27. The molecule has 26 heavy (non-hydrogen) atoms. The summed E-state index contributed by atoms with van der Waals surface area (Å²) < 4.78 is 0. The molecule has 1 saturated heterocycles. The number of hydrogen-bond donors (Lipinski definition) is 2. The Bertz CT molecular complexity index is 849. The second kappa shape index (κ2) is 6.51. The summed E-state index contributed by atoms with van der Waals surface area (Å²) in [5.41, 5.74) is 3.10. The number of carbonyl (C=O) groups is 3. The van der Waals surface area contributed by atoms with Crippen LogP contribution < -0.4 is 15.6 Å². The van der Waals surface area contributed by atoms with Gasteiger partial charge in [-0.2, -0.15) is 5.01 Å². The second-order valence-electron chi connectivity index (χ2n) is 6.44. The van der Waals surface area contributed by atoms with Gasteiger partial charge in [0.1, 0.15) is 5.54 Å². The van der Waals surface area contributed by atoms with Crippen LogP contribution >= 0.6 is 0 Å². The molecule has 0 saturated carbocycles. The van der Waals surface area contributed by atoms with Crippen molar-refractivity contribution < 1.29 is 14.4 Å². The predicted octanol–water partition coefficient (Wildman–Crippen LogP) is 1.86. The van der Waals surface area contributed by atoms with Gasteiger partial charge in [0, 0.05) is 25.3 Å². The van der Waals surface area contributed by atoms with Crippen molar-refractivity contribution in [3.05, 3.63) is 65.7 Å². The molecule has 0 radical (unpaired) electrons. The molecule has 134 valence electrons. The van der Waals surface area contributed by atoms with Crippen LogP contribution in [0, 0.1) is 0 Å². The number of nitrogens with zero attached hydrogens (tertiary/aromatic N) is 2. The molecule has 1 heterocycles. The number of hydrogen-bond acceptors (Lipinski definition) is 4. The first-order chi connectivity index (χ1) is 12.3. The van der Waals surface area contributed by atoms with Crippen molar-refractivity contribution in [2.75, 3.05) is 19.0 Å². The molecule has 2 aromatic rings. The first kappa shape index (κ1) is 17.5. The van der Waals surface area contributed by atoms with Gasteiger partial charge in [0.2, 0.25) is 0 Å². The smallest absolute Gasteiger partial charge is 0.344 e. The Morgan fingerprint density at radius 1 is 1.04 bits per heavy atom. The van der Waals surface area contributed by atoms with Crippen LogP contribution in [0.5, 0.6) is 0 Å². The fourth-order valence-electron chi connectivity index (χ4n) is 2.78. The molecule has 1 fully saturated rings. The van der Waals surface area contributed by atoms with E-state index < -0.39 is 23.4 Å². The summed E-state index contributed by atoms with van der Waals surface area (Å²) in [5.74, 6) is -1.07. The summed E-state index contributed by atoms with van der Waals surface area (Å²) >= 11 is 0. The van der Waals surface area contributed by atoms with Crippen molar-refractivity contribution >= 4 is 23.5 Å². The first-order valence-corrected chi connectivity index (χ1v) is 8.13. The normalized spacial score (nSPS) is 19.3. The number of imide groups is 1. The zero-order chi connectivity index (χ0) is 18.9. The summed E-state index contributed by atoms with van der Waals surface area (Å²) in [5, 5.41) is 3.37. The van der Waals surface area contributed by atoms with Crippen LogP contribution in [0.2, 0.25) is 0 Å². The lowest BCUT2D eigenvalue weighted by Crippen LogP contribution is -2.47. The molecule has 1 atom stereocenters. The van der Waals surface area contributed by atoms with Gasteiger partial charge in [-0.3, -0.25) is 15.0 Å². The van der Waals surface area contributed by atoms with Crippen molar-refractivity contribution in [1.82, 2.24) is 15.8 Å². The lowest BCUT2D eigenvalue weighted by molar-refractivity contribution is -0.132. The molecule has 7 heteroatoms. The van der Waals surface area contributed by atoms with Crippen molar-refractivity contribution in [1.29, 1.82) is 0 Å². The number of urea groups is 1. The molecule has 1 aliphatic heterocycles. The number of rotatable bonds is 4. The summed E-state index contributed by atoms with van der Waals surface area (Å²) in [6, 6.07) is 15.1. The van der Waals surface area contributed by atoms with Gasteiger partial charge in [-0.1, -0.05) is 30.3 Å². The summed E-state index contributed by atoms with van der Waals surface area (Å²) in [7, 11) is 3.79. The number of benzene rings is 2. The number of hydrazine groups is 1. The molecule has 1 aliphatic rings. The van der Waals surface area contributed by atoms with Crippen LogP contribution in [0.3, 0.4) is 0 Å². The van der Waals surface area contributed by atoms with E-state index in [1.807, 2.05) is 25.1 Å². The van der Waals surface area contributed by atoms with Crippen molar-refractivity contribution in [2.24, 2.45) is 0 Å². The molecular formula is C19H20N4O3. The molecule has 4 amide bonds. The third kappa shape index (κ3) is 2.99. The Morgan fingerprint density at radius 3 is 2.23 bits per heavy atom. The molecular weight excluding hydrogens is 332 g/mol. The highest BCUT2D eigenvalue weighted by Gasteiger charge is 2.50. The zero-order valence-corrected chi connectivity index (χ0v) is 14.8. The lowest BCUT2D eigenvalue weighted by Gasteiger charge is -2.22. The molecule has 2 N–H and O–H groups in total. The molecule has 0 spiro atoms. The second-order valence-corrected chi connectivity index (χ2v) is 6.44. The Labute approximate surface area is 151 Å². The number of amides is 4. The van der Waals surface area contributed by atoms with Crippen LogP contribution in [0.15, 0.2) is 54.6 Å². The molecule has 2 aromatic carbocycles. The summed E-state index contributed by atoms with van der Waals surface area (Å²) in [4.78, 5) is 39.4. The fourth-order valence-corrected chi connectivity index (χ4v) is 2.78. The molecule has 0 aliphatic carbocycles. The number of nitrogens with one attached hydrogen (secondary N) is 2. The van der Waals surface area contributed by atoms with E-state index in [2.05, 4.69) is 10.7 Å². The van der Waals surface area contributed by atoms with Crippen LogP contribution in [0.25, 0.3) is 0 Å². The van der Waals surface area contributed by atoms with Gasteiger partial charge in [-0.05, 0) is 36.8 Å². The predicted molar refractivity (Wildman–Crippen MR) is 97.4 cm³/mol. The highest BCUT2D eigenvalue weighted by atomic mass is 16.2. The average Bonchev–Trinajstić information content (AvgIpc) is 2.86. The van der Waals surface area contributed by atoms with Crippen molar-refractivity contribution in [3.8, 4) is 0 Å². The molecule has 1 unspecified atom stereocenters. The summed E-state index contributed by atoms with van der Waals surface area (Å²) in [6.45, 7) is 1.61. The third-order valence-corrected chi connectivity index (χ3v) is 4.40. The topological polar surface area (TPSA) is 81.8 Å².